The first-order valence-corrected chi connectivity index (χ1v) is 12.9. The van der Waals surface area contributed by atoms with Crippen LogP contribution in [0.2, 0.25) is 0 Å². The van der Waals surface area contributed by atoms with Gasteiger partial charge in [0.05, 0.1) is 5.52 Å². The fourth-order valence-electron chi connectivity index (χ4n) is 5.35. The predicted octanol–water partition coefficient (Wildman–Crippen LogP) is 3.44. The number of rotatable bonds is 9. The molecule has 0 saturated carbocycles. The monoisotopic (exact) mass is 459 g/mol. The molecule has 2 aromatic rings. The Morgan fingerprint density at radius 3 is 2.56 bits per heavy atom. The average Bonchev–Trinajstić information content (AvgIpc) is 3.28. The normalized spacial score (nSPS) is 23.5. The average molecular weight is 460 g/mol. The van der Waals surface area contributed by atoms with E-state index < -0.39 is 0 Å². The maximum atomic E-state index is 13.1. The van der Waals surface area contributed by atoms with Crippen LogP contribution in [-0.4, -0.2) is 56.5 Å². The SMILES string of the molecule is CC(C)SNCCCN1C2CCC1CC(NC(=O)c1cc3cccn3n(C(C)C)c1=O)C2. The van der Waals surface area contributed by atoms with Crippen LogP contribution in [0.3, 0.4) is 0 Å². The number of aromatic nitrogens is 2. The molecule has 2 unspecified atom stereocenters. The lowest BCUT2D eigenvalue weighted by Crippen LogP contribution is -2.51. The lowest BCUT2D eigenvalue weighted by atomic mass is 9.96. The third-order valence-electron chi connectivity index (χ3n) is 6.69. The molecule has 2 aliphatic rings. The van der Waals surface area contributed by atoms with Crippen LogP contribution >= 0.6 is 11.9 Å². The first-order valence-electron chi connectivity index (χ1n) is 12.0. The first kappa shape index (κ1) is 23.4. The number of fused-ring (bicyclic) bond motifs is 3. The van der Waals surface area contributed by atoms with E-state index in [0.29, 0.717) is 17.3 Å². The minimum Gasteiger partial charge on any atom is -0.349 e. The Labute approximate surface area is 195 Å². The second-order valence-electron chi connectivity index (χ2n) is 9.76. The third-order valence-corrected chi connectivity index (χ3v) is 7.53. The summed E-state index contributed by atoms with van der Waals surface area (Å²) in [5.74, 6) is -0.235. The van der Waals surface area contributed by atoms with Crippen molar-refractivity contribution in [2.24, 2.45) is 0 Å². The Bertz CT molecular complexity index is 984. The molecule has 2 N–H and O–H groups in total. The van der Waals surface area contributed by atoms with Crippen LogP contribution in [0.25, 0.3) is 5.52 Å². The van der Waals surface area contributed by atoms with Crippen molar-refractivity contribution in [3.63, 3.8) is 0 Å². The predicted molar refractivity (Wildman–Crippen MR) is 131 cm³/mol. The highest BCUT2D eigenvalue weighted by molar-refractivity contribution is 7.97. The Morgan fingerprint density at radius 1 is 1.19 bits per heavy atom. The molecule has 2 fully saturated rings. The second-order valence-corrected chi connectivity index (χ2v) is 11.2. The number of piperidine rings is 1. The molecule has 1 amide bonds. The van der Waals surface area contributed by atoms with Crippen LogP contribution < -0.4 is 15.6 Å². The van der Waals surface area contributed by atoms with E-state index in [4.69, 9.17) is 0 Å². The van der Waals surface area contributed by atoms with Gasteiger partial charge < -0.3 is 5.32 Å². The molecule has 0 spiro atoms. The fraction of sp³-hybridized carbons (Fsp3) is 0.667. The van der Waals surface area contributed by atoms with Crippen molar-refractivity contribution in [3.05, 3.63) is 40.3 Å². The van der Waals surface area contributed by atoms with E-state index in [1.807, 2.05) is 36.7 Å². The molecule has 176 valence electrons. The quantitative estimate of drug-likeness (QED) is 0.444. The standard InChI is InChI=1S/C24H37N5O2S/c1-16(2)29-24(31)22(15-21-7-5-12-28(21)29)23(30)26-18-13-19-8-9-20(14-18)27(19)11-6-10-25-32-17(3)4/h5,7,12,15-20,25H,6,8-11,13-14H2,1-4H3,(H,26,30). The molecular weight excluding hydrogens is 422 g/mol. The van der Waals surface area contributed by atoms with E-state index >= 15 is 0 Å². The molecule has 2 aliphatic heterocycles. The van der Waals surface area contributed by atoms with Gasteiger partial charge in [-0.25, -0.2) is 4.68 Å². The van der Waals surface area contributed by atoms with Crippen molar-refractivity contribution in [1.82, 2.24) is 24.1 Å². The lowest BCUT2D eigenvalue weighted by Gasteiger charge is -2.39. The van der Waals surface area contributed by atoms with E-state index in [-0.39, 0.29) is 29.1 Å². The van der Waals surface area contributed by atoms with Crippen molar-refractivity contribution < 1.29 is 4.79 Å². The van der Waals surface area contributed by atoms with Crippen molar-refractivity contribution in [2.45, 2.75) is 89.2 Å². The molecular formula is C24H37N5O2S. The maximum Gasteiger partial charge on any atom is 0.278 e. The van der Waals surface area contributed by atoms with E-state index in [9.17, 15) is 9.59 Å². The highest BCUT2D eigenvalue weighted by atomic mass is 32.2. The number of hydrogen-bond acceptors (Lipinski definition) is 5. The van der Waals surface area contributed by atoms with E-state index in [1.54, 1.807) is 22.7 Å². The van der Waals surface area contributed by atoms with Gasteiger partial charge in [0, 0.05) is 42.2 Å². The van der Waals surface area contributed by atoms with Crippen LogP contribution in [0.4, 0.5) is 0 Å². The molecule has 2 atom stereocenters. The molecule has 7 nitrogen and oxygen atoms in total. The van der Waals surface area contributed by atoms with Gasteiger partial charge in [-0.3, -0.25) is 23.7 Å². The summed E-state index contributed by atoms with van der Waals surface area (Å²) in [6.45, 7) is 10.5. The van der Waals surface area contributed by atoms with Gasteiger partial charge in [-0.1, -0.05) is 25.8 Å². The number of carbonyl (C=O) groups is 1. The zero-order valence-electron chi connectivity index (χ0n) is 19.7. The van der Waals surface area contributed by atoms with E-state index in [2.05, 4.69) is 28.8 Å². The van der Waals surface area contributed by atoms with Crippen LogP contribution in [0.15, 0.2) is 29.2 Å². The molecule has 2 aromatic heterocycles. The molecule has 32 heavy (non-hydrogen) atoms. The Morgan fingerprint density at radius 2 is 1.91 bits per heavy atom. The van der Waals surface area contributed by atoms with E-state index in [1.165, 1.54) is 12.8 Å². The van der Waals surface area contributed by atoms with Crippen LogP contribution in [0.5, 0.6) is 0 Å². The number of amides is 1. The third kappa shape index (κ3) is 4.92. The number of nitrogens with one attached hydrogen (secondary N) is 2. The van der Waals surface area contributed by atoms with Crippen LogP contribution in [-0.2, 0) is 0 Å². The van der Waals surface area contributed by atoms with Crippen molar-refractivity contribution in [3.8, 4) is 0 Å². The van der Waals surface area contributed by atoms with Gasteiger partial charge >= 0.3 is 0 Å². The first-order chi connectivity index (χ1) is 15.3. The minimum atomic E-state index is -0.235. The molecule has 8 heteroatoms. The van der Waals surface area contributed by atoms with Crippen molar-refractivity contribution in [1.29, 1.82) is 0 Å². The van der Waals surface area contributed by atoms with E-state index in [0.717, 1.165) is 37.9 Å². The van der Waals surface area contributed by atoms with Gasteiger partial charge in [0.2, 0.25) is 0 Å². The molecule has 2 bridgehead atoms. The van der Waals surface area contributed by atoms with Crippen LogP contribution in [0.1, 0.15) is 76.2 Å². The topological polar surface area (TPSA) is 70.8 Å². The molecule has 0 aromatic carbocycles. The summed E-state index contributed by atoms with van der Waals surface area (Å²) < 4.78 is 6.94. The highest BCUT2D eigenvalue weighted by Crippen LogP contribution is 2.35. The Balaban J connectivity index is 1.38. The van der Waals surface area contributed by atoms with Gasteiger partial charge in [0.15, 0.2) is 0 Å². The van der Waals surface area contributed by atoms with Gasteiger partial charge in [0.1, 0.15) is 5.56 Å². The smallest absolute Gasteiger partial charge is 0.278 e. The van der Waals surface area contributed by atoms with Crippen molar-refractivity contribution >= 4 is 23.4 Å². The largest absolute Gasteiger partial charge is 0.349 e. The van der Waals surface area contributed by atoms with Gasteiger partial charge in [0.25, 0.3) is 11.5 Å². The number of hydrogen-bond donors (Lipinski definition) is 2. The second kappa shape index (κ2) is 10.0. The lowest BCUT2D eigenvalue weighted by molar-refractivity contribution is 0.0842. The number of nitrogens with zero attached hydrogens (tertiary/aromatic N) is 3. The van der Waals surface area contributed by atoms with Gasteiger partial charge in [-0.15, -0.1) is 0 Å². The minimum absolute atomic E-state index is 0.0299. The molecule has 4 rings (SSSR count). The summed E-state index contributed by atoms with van der Waals surface area (Å²) in [6, 6.07) is 6.75. The summed E-state index contributed by atoms with van der Waals surface area (Å²) in [6.07, 6.45) is 7.38. The van der Waals surface area contributed by atoms with Gasteiger partial charge in [-0.2, -0.15) is 0 Å². The van der Waals surface area contributed by atoms with Gasteiger partial charge in [-0.05, 0) is 70.7 Å². The fourth-order valence-corrected chi connectivity index (χ4v) is 5.95. The number of carbonyl (C=O) groups excluding carboxylic acids is 1. The summed E-state index contributed by atoms with van der Waals surface area (Å²) >= 11 is 1.80. The Kier molecular flexibility index (Phi) is 7.32. The summed E-state index contributed by atoms with van der Waals surface area (Å²) in [5, 5.41) is 3.81. The molecule has 2 saturated heterocycles. The summed E-state index contributed by atoms with van der Waals surface area (Å²) in [4.78, 5) is 28.9. The summed E-state index contributed by atoms with van der Waals surface area (Å²) in [5.41, 5.74) is 0.879. The Hall–Kier alpha value is -1.77. The summed E-state index contributed by atoms with van der Waals surface area (Å²) in [7, 11) is 0. The van der Waals surface area contributed by atoms with Crippen molar-refractivity contribution in [2.75, 3.05) is 13.1 Å². The zero-order valence-corrected chi connectivity index (χ0v) is 20.5. The highest BCUT2D eigenvalue weighted by Gasteiger charge is 2.40. The maximum absolute atomic E-state index is 13.1. The molecule has 4 heterocycles. The molecule has 0 radical (unpaired) electrons. The van der Waals surface area contributed by atoms with Crippen LogP contribution in [0, 0.1) is 0 Å². The molecule has 0 aliphatic carbocycles. The zero-order chi connectivity index (χ0) is 22.8.